The third kappa shape index (κ3) is 3.70. The van der Waals surface area contributed by atoms with Crippen LogP contribution in [0.15, 0.2) is 18.2 Å². The summed E-state index contributed by atoms with van der Waals surface area (Å²) in [5.41, 5.74) is 6.31. The first-order chi connectivity index (χ1) is 8.45. The quantitative estimate of drug-likeness (QED) is 0.819. The zero-order valence-corrected chi connectivity index (χ0v) is 10.8. The molecule has 0 fully saturated rings. The summed E-state index contributed by atoms with van der Waals surface area (Å²) in [7, 11) is 0. The summed E-state index contributed by atoms with van der Waals surface area (Å²) in [6.45, 7) is 5.23. The van der Waals surface area contributed by atoms with Crippen molar-refractivity contribution >= 4 is 5.97 Å². The van der Waals surface area contributed by atoms with Crippen LogP contribution in [-0.4, -0.2) is 18.7 Å². The number of rotatable bonds is 5. The van der Waals surface area contributed by atoms with Gasteiger partial charge < -0.3 is 15.2 Å². The number of hydrogen-bond donors (Lipinski definition) is 1. The van der Waals surface area contributed by atoms with Gasteiger partial charge in [-0.1, -0.05) is 6.07 Å². The lowest BCUT2D eigenvalue weighted by molar-refractivity contribution is -0.150. The normalized spacial score (nSPS) is 13.8. The molecule has 0 spiro atoms. The average Bonchev–Trinajstić information content (AvgIpc) is 2.31. The number of hydrogen-bond acceptors (Lipinski definition) is 4. The molecule has 0 radical (unpaired) electrons. The number of carbonyl (C=O) groups excluding carboxylic acids is 1. The van der Waals surface area contributed by atoms with E-state index in [1.165, 1.54) is 19.1 Å². The minimum absolute atomic E-state index is 0.0138. The van der Waals surface area contributed by atoms with Gasteiger partial charge in [-0.05, 0) is 38.5 Å². The van der Waals surface area contributed by atoms with Gasteiger partial charge in [0.1, 0.15) is 0 Å². The second kappa shape index (κ2) is 6.35. The van der Waals surface area contributed by atoms with Crippen LogP contribution in [0.1, 0.15) is 32.4 Å². The van der Waals surface area contributed by atoms with Crippen LogP contribution in [0.25, 0.3) is 0 Å². The van der Waals surface area contributed by atoms with Crippen LogP contribution >= 0.6 is 0 Å². The number of esters is 1. The summed E-state index contributed by atoms with van der Waals surface area (Å²) in [6.07, 6.45) is -0.847. The van der Waals surface area contributed by atoms with Crippen LogP contribution in [-0.2, 0) is 9.53 Å². The molecule has 0 aliphatic carbocycles. The smallest absolute Gasteiger partial charge is 0.347 e. The monoisotopic (exact) mass is 255 g/mol. The van der Waals surface area contributed by atoms with Crippen molar-refractivity contribution in [1.29, 1.82) is 0 Å². The summed E-state index contributed by atoms with van der Waals surface area (Å²) in [5, 5.41) is 0. The molecular formula is C13H18FNO3. The molecule has 0 bridgehead atoms. The molecule has 0 amide bonds. The molecule has 0 aliphatic rings. The van der Waals surface area contributed by atoms with E-state index in [1.807, 2.05) is 0 Å². The molecule has 0 aromatic heterocycles. The number of nitrogens with two attached hydrogens (primary N) is 1. The molecule has 1 unspecified atom stereocenters. The van der Waals surface area contributed by atoms with Crippen molar-refractivity contribution in [3.63, 3.8) is 0 Å². The molecule has 2 N–H and O–H groups in total. The van der Waals surface area contributed by atoms with E-state index in [0.29, 0.717) is 5.56 Å². The lowest BCUT2D eigenvalue weighted by Crippen LogP contribution is -2.26. The lowest BCUT2D eigenvalue weighted by Gasteiger charge is -2.15. The maximum Gasteiger partial charge on any atom is 0.347 e. The van der Waals surface area contributed by atoms with Crippen LogP contribution in [0.4, 0.5) is 4.39 Å². The van der Waals surface area contributed by atoms with Gasteiger partial charge in [0.2, 0.25) is 0 Å². The Kier molecular flexibility index (Phi) is 5.09. The molecule has 5 heteroatoms. The number of benzene rings is 1. The Morgan fingerprint density at radius 3 is 2.61 bits per heavy atom. The van der Waals surface area contributed by atoms with Crippen molar-refractivity contribution in [2.75, 3.05) is 6.61 Å². The van der Waals surface area contributed by atoms with E-state index in [1.54, 1.807) is 19.9 Å². The van der Waals surface area contributed by atoms with Gasteiger partial charge in [-0.2, -0.15) is 0 Å². The minimum atomic E-state index is -0.847. The Labute approximate surface area is 106 Å². The van der Waals surface area contributed by atoms with Gasteiger partial charge in [0, 0.05) is 6.04 Å². The molecule has 2 atom stereocenters. The fourth-order valence-electron chi connectivity index (χ4n) is 1.39. The topological polar surface area (TPSA) is 61.5 Å². The number of halogens is 1. The molecule has 0 saturated carbocycles. The predicted molar refractivity (Wildman–Crippen MR) is 65.7 cm³/mol. The molecule has 0 aliphatic heterocycles. The van der Waals surface area contributed by atoms with Crippen LogP contribution in [0, 0.1) is 5.82 Å². The Morgan fingerprint density at radius 1 is 1.44 bits per heavy atom. The van der Waals surface area contributed by atoms with E-state index < -0.39 is 17.9 Å². The van der Waals surface area contributed by atoms with E-state index in [0.717, 1.165) is 0 Å². The second-order valence-electron chi connectivity index (χ2n) is 3.99. The summed E-state index contributed by atoms with van der Waals surface area (Å²) < 4.78 is 23.7. The average molecular weight is 255 g/mol. The van der Waals surface area contributed by atoms with Crippen molar-refractivity contribution in [3.8, 4) is 5.75 Å². The third-order valence-corrected chi connectivity index (χ3v) is 2.40. The number of ether oxygens (including phenoxy) is 2. The fraction of sp³-hybridized carbons (Fsp3) is 0.462. The van der Waals surface area contributed by atoms with Gasteiger partial charge >= 0.3 is 5.97 Å². The van der Waals surface area contributed by atoms with Crippen molar-refractivity contribution in [1.82, 2.24) is 0 Å². The molecule has 1 rings (SSSR count). The van der Waals surface area contributed by atoms with E-state index in [9.17, 15) is 9.18 Å². The highest BCUT2D eigenvalue weighted by molar-refractivity contribution is 5.74. The zero-order valence-electron chi connectivity index (χ0n) is 10.8. The summed E-state index contributed by atoms with van der Waals surface area (Å²) >= 11 is 0. The summed E-state index contributed by atoms with van der Waals surface area (Å²) in [6, 6.07) is 4.18. The molecule has 18 heavy (non-hydrogen) atoms. The minimum Gasteiger partial charge on any atom is -0.476 e. The van der Waals surface area contributed by atoms with Gasteiger partial charge in [-0.3, -0.25) is 0 Å². The fourth-order valence-corrected chi connectivity index (χ4v) is 1.39. The Bertz CT molecular complexity index is 421. The Morgan fingerprint density at radius 2 is 2.11 bits per heavy atom. The van der Waals surface area contributed by atoms with Gasteiger partial charge in [0.15, 0.2) is 17.7 Å². The standard InChI is InChI=1S/C13H18FNO3/c1-4-17-13(16)9(3)18-12-6-5-10(8(2)15)7-11(12)14/h5-9H,4,15H2,1-3H3/t8-,9?/m0/s1. The van der Waals surface area contributed by atoms with Crippen LogP contribution < -0.4 is 10.5 Å². The van der Waals surface area contributed by atoms with Crippen molar-refractivity contribution in [2.24, 2.45) is 5.73 Å². The molecular weight excluding hydrogens is 237 g/mol. The highest BCUT2D eigenvalue weighted by atomic mass is 19.1. The van der Waals surface area contributed by atoms with E-state index in [4.69, 9.17) is 15.2 Å². The lowest BCUT2D eigenvalue weighted by atomic mass is 10.1. The van der Waals surface area contributed by atoms with Crippen molar-refractivity contribution in [2.45, 2.75) is 32.9 Å². The third-order valence-electron chi connectivity index (χ3n) is 2.40. The largest absolute Gasteiger partial charge is 0.476 e. The SMILES string of the molecule is CCOC(=O)C(C)Oc1ccc([C@H](C)N)cc1F. The molecule has 0 saturated heterocycles. The second-order valence-corrected chi connectivity index (χ2v) is 3.99. The van der Waals surface area contributed by atoms with Crippen molar-refractivity contribution < 1.29 is 18.7 Å². The van der Waals surface area contributed by atoms with Gasteiger partial charge in [0.25, 0.3) is 0 Å². The van der Waals surface area contributed by atoms with Gasteiger partial charge in [-0.15, -0.1) is 0 Å². The highest BCUT2D eigenvalue weighted by Crippen LogP contribution is 2.22. The molecule has 4 nitrogen and oxygen atoms in total. The Balaban J connectivity index is 2.76. The Hall–Kier alpha value is -1.62. The first kappa shape index (κ1) is 14.4. The molecule has 1 aromatic rings. The van der Waals surface area contributed by atoms with Crippen molar-refractivity contribution in [3.05, 3.63) is 29.6 Å². The first-order valence-electron chi connectivity index (χ1n) is 5.84. The maximum absolute atomic E-state index is 13.7. The van der Waals surface area contributed by atoms with Crippen LogP contribution in [0.3, 0.4) is 0 Å². The van der Waals surface area contributed by atoms with E-state index in [-0.39, 0.29) is 18.4 Å². The van der Waals surface area contributed by atoms with Gasteiger partial charge in [-0.25, -0.2) is 9.18 Å². The maximum atomic E-state index is 13.7. The number of carbonyl (C=O) groups is 1. The van der Waals surface area contributed by atoms with E-state index >= 15 is 0 Å². The van der Waals surface area contributed by atoms with Crippen LogP contribution in [0.2, 0.25) is 0 Å². The summed E-state index contributed by atoms with van der Waals surface area (Å²) in [4.78, 5) is 11.3. The van der Waals surface area contributed by atoms with Crippen LogP contribution in [0.5, 0.6) is 5.75 Å². The summed E-state index contributed by atoms with van der Waals surface area (Å²) in [5.74, 6) is -1.05. The first-order valence-corrected chi connectivity index (χ1v) is 5.84. The molecule has 1 aromatic carbocycles. The predicted octanol–water partition coefficient (Wildman–Crippen LogP) is 2.18. The highest BCUT2D eigenvalue weighted by Gasteiger charge is 2.18. The van der Waals surface area contributed by atoms with Gasteiger partial charge in [0.05, 0.1) is 6.61 Å². The molecule has 100 valence electrons. The van der Waals surface area contributed by atoms with E-state index in [2.05, 4.69) is 0 Å². The molecule has 0 heterocycles. The zero-order chi connectivity index (χ0) is 13.7.